The minimum atomic E-state index is 0.609. The van der Waals surface area contributed by atoms with Crippen LogP contribution in [0.1, 0.15) is 0 Å². The van der Waals surface area contributed by atoms with Crippen molar-refractivity contribution in [2.45, 2.75) is 0 Å². The van der Waals surface area contributed by atoms with E-state index in [0.29, 0.717) is 24.7 Å². The molecule has 4 rings (SSSR count). The van der Waals surface area contributed by atoms with E-state index in [1.807, 2.05) is 48.5 Å². The second-order valence-corrected chi connectivity index (χ2v) is 7.60. The Hall–Kier alpha value is -2.32. The van der Waals surface area contributed by atoms with Crippen LogP contribution >= 0.6 is 0 Å². The van der Waals surface area contributed by atoms with E-state index >= 15 is 0 Å². The lowest BCUT2D eigenvalue weighted by Gasteiger charge is -2.26. The van der Waals surface area contributed by atoms with Crippen LogP contribution in [0.25, 0.3) is 0 Å². The highest BCUT2D eigenvalue weighted by molar-refractivity contribution is 5.47. The van der Waals surface area contributed by atoms with E-state index in [1.54, 1.807) is 0 Å². The van der Waals surface area contributed by atoms with Crippen molar-refractivity contribution in [3.63, 3.8) is 0 Å². The van der Waals surface area contributed by atoms with Gasteiger partial charge < -0.3 is 23.7 Å². The van der Waals surface area contributed by atoms with Crippen molar-refractivity contribution < 1.29 is 23.7 Å². The average Bonchev–Trinajstić information content (AvgIpc) is 2.83. The molecule has 0 atom stereocenters. The lowest BCUT2D eigenvalue weighted by atomic mass is 10.3. The number of para-hydroxylation sites is 4. The van der Waals surface area contributed by atoms with Gasteiger partial charge in [-0.15, -0.1) is 0 Å². The van der Waals surface area contributed by atoms with Gasteiger partial charge in [-0.25, -0.2) is 0 Å². The molecule has 0 N–H and O–H groups in total. The summed E-state index contributed by atoms with van der Waals surface area (Å²) in [6, 6.07) is 15.6. The van der Waals surface area contributed by atoms with Crippen molar-refractivity contribution in [1.82, 2.24) is 9.80 Å². The van der Waals surface area contributed by atoms with Gasteiger partial charge in [-0.3, -0.25) is 9.80 Å². The first kappa shape index (κ1) is 21.9. The van der Waals surface area contributed by atoms with Crippen molar-refractivity contribution in [2.24, 2.45) is 0 Å². The van der Waals surface area contributed by atoms with Crippen LogP contribution in [0.4, 0.5) is 0 Å². The molecule has 2 aromatic rings. The summed E-state index contributed by atoms with van der Waals surface area (Å²) < 4.78 is 29.1. The summed E-state index contributed by atoms with van der Waals surface area (Å²) in [6.07, 6.45) is 0. The van der Waals surface area contributed by atoms with Gasteiger partial charge in [0.25, 0.3) is 0 Å². The number of ether oxygens (including phenoxy) is 5. The quantitative estimate of drug-likeness (QED) is 0.577. The largest absolute Gasteiger partial charge is 0.488 e. The number of hydrogen-bond acceptors (Lipinski definition) is 7. The number of morpholine rings is 2. The Morgan fingerprint density at radius 2 is 0.968 bits per heavy atom. The van der Waals surface area contributed by atoms with E-state index in [1.165, 1.54) is 0 Å². The van der Waals surface area contributed by atoms with E-state index in [4.69, 9.17) is 23.7 Å². The average molecular weight is 429 g/mol. The monoisotopic (exact) mass is 428 g/mol. The SMILES string of the molecule is c1ccc(Oc2ccccc2OCCN2CCOCC2)c(OCCN2CCOCC2)c1. The Labute approximate surface area is 184 Å². The van der Waals surface area contributed by atoms with Crippen LogP contribution in [0, 0.1) is 0 Å². The molecule has 2 aliphatic rings. The van der Waals surface area contributed by atoms with E-state index in [9.17, 15) is 0 Å². The van der Waals surface area contributed by atoms with Crippen molar-refractivity contribution >= 4 is 0 Å². The number of benzene rings is 2. The summed E-state index contributed by atoms with van der Waals surface area (Å²) >= 11 is 0. The molecule has 7 heteroatoms. The van der Waals surface area contributed by atoms with Crippen LogP contribution in [0.15, 0.2) is 48.5 Å². The molecule has 2 saturated heterocycles. The number of hydrogen-bond donors (Lipinski definition) is 0. The Bertz CT molecular complexity index is 726. The molecule has 2 heterocycles. The van der Waals surface area contributed by atoms with Crippen molar-refractivity contribution in [3.05, 3.63) is 48.5 Å². The minimum absolute atomic E-state index is 0.609. The predicted molar refractivity (Wildman–Crippen MR) is 118 cm³/mol. The third-order valence-corrected chi connectivity index (χ3v) is 5.46. The van der Waals surface area contributed by atoms with Gasteiger partial charge in [0.15, 0.2) is 23.0 Å². The fraction of sp³-hybridized carbons (Fsp3) is 0.500. The zero-order chi connectivity index (χ0) is 21.1. The molecular weight excluding hydrogens is 396 g/mol. The van der Waals surface area contributed by atoms with E-state index < -0.39 is 0 Å². The molecule has 0 aromatic heterocycles. The van der Waals surface area contributed by atoms with E-state index in [2.05, 4.69) is 9.80 Å². The first-order valence-electron chi connectivity index (χ1n) is 11.1. The van der Waals surface area contributed by atoms with Crippen LogP contribution in [0.3, 0.4) is 0 Å². The molecule has 0 saturated carbocycles. The molecule has 7 nitrogen and oxygen atoms in total. The van der Waals surface area contributed by atoms with E-state index in [0.717, 1.165) is 77.2 Å². The topological polar surface area (TPSA) is 52.6 Å². The zero-order valence-electron chi connectivity index (χ0n) is 18.0. The Morgan fingerprint density at radius 3 is 1.39 bits per heavy atom. The van der Waals surface area contributed by atoms with Gasteiger partial charge in [0.05, 0.1) is 26.4 Å². The van der Waals surface area contributed by atoms with Gasteiger partial charge in [0.1, 0.15) is 13.2 Å². The summed E-state index contributed by atoms with van der Waals surface area (Å²) in [5.74, 6) is 2.85. The van der Waals surface area contributed by atoms with Crippen LogP contribution < -0.4 is 14.2 Å². The highest BCUT2D eigenvalue weighted by Gasteiger charge is 2.14. The lowest BCUT2D eigenvalue weighted by molar-refractivity contribution is 0.0320. The van der Waals surface area contributed by atoms with Crippen LogP contribution in [0.5, 0.6) is 23.0 Å². The summed E-state index contributed by atoms with van der Waals surface area (Å²) in [5, 5.41) is 0. The molecule has 0 radical (unpaired) electrons. The fourth-order valence-corrected chi connectivity index (χ4v) is 3.64. The molecular formula is C24H32N2O5. The van der Waals surface area contributed by atoms with Crippen molar-refractivity contribution in [3.8, 4) is 23.0 Å². The molecule has 0 bridgehead atoms. The predicted octanol–water partition coefficient (Wildman–Crippen LogP) is 2.90. The number of rotatable bonds is 10. The van der Waals surface area contributed by atoms with Gasteiger partial charge >= 0.3 is 0 Å². The van der Waals surface area contributed by atoms with Crippen molar-refractivity contribution in [1.29, 1.82) is 0 Å². The Morgan fingerprint density at radius 1 is 0.581 bits per heavy atom. The van der Waals surface area contributed by atoms with Crippen LogP contribution in [0.2, 0.25) is 0 Å². The maximum atomic E-state index is 6.21. The standard InChI is InChI=1S/C24H32N2O5/c1-3-7-23(21(5-1)29-19-13-25-9-15-27-16-10-25)31-24-8-4-2-6-22(24)30-20-14-26-11-17-28-18-12-26/h1-8H,9-20H2. The molecule has 31 heavy (non-hydrogen) atoms. The van der Waals surface area contributed by atoms with E-state index in [-0.39, 0.29) is 0 Å². The maximum Gasteiger partial charge on any atom is 0.169 e. The van der Waals surface area contributed by atoms with Gasteiger partial charge in [0, 0.05) is 39.3 Å². The van der Waals surface area contributed by atoms with Crippen LogP contribution in [-0.4, -0.2) is 88.7 Å². The molecule has 2 aromatic carbocycles. The summed E-state index contributed by atoms with van der Waals surface area (Å²) in [4.78, 5) is 4.70. The smallest absolute Gasteiger partial charge is 0.169 e. The summed E-state index contributed by atoms with van der Waals surface area (Å²) in [5.41, 5.74) is 0. The summed E-state index contributed by atoms with van der Waals surface area (Å²) in [7, 11) is 0. The molecule has 2 fully saturated rings. The first-order valence-corrected chi connectivity index (χ1v) is 11.1. The lowest BCUT2D eigenvalue weighted by Crippen LogP contribution is -2.38. The van der Waals surface area contributed by atoms with Crippen molar-refractivity contribution in [2.75, 3.05) is 78.9 Å². The molecule has 2 aliphatic heterocycles. The van der Waals surface area contributed by atoms with Gasteiger partial charge in [-0.05, 0) is 24.3 Å². The molecule has 0 aliphatic carbocycles. The molecule has 168 valence electrons. The highest BCUT2D eigenvalue weighted by Crippen LogP contribution is 2.36. The number of nitrogens with zero attached hydrogens (tertiary/aromatic N) is 2. The van der Waals surface area contributed by atoms with Gasteiger partial charge in [-0.2, -0.15) is 0 Å². The van der Waals surface area contributed by atoms with Gasteiger partial charge in [0.2, 0.25) is 0 Å². The third-order valence-electron chi connectivity index (χ3n) is 5.46. The second kappa shape index (κ2) is 11.9. The molecule has 0 spiro atoms. The maximum absolute atomic E-state index is 6.21. The minimum Gasteiger partial charge on any atom is -0.488 e. The van der Waals surface area contributed by atoms with Crippen LogP contribution in [-0.2, 0) is 9.47 Å². The Balaban J connectivity index is 1.32. The van der Waals surface area contributed by atoms with Gasteiger partial charge in [-0.1, -0.05) is 24.3 Å². The molecule has 0 unspecified atom stereocenters. The zero-order valence-corrected chi connectivity index (χ0v) is 18.0. The fourth-order valence-electron chi connectivity index (χ4n) is 3.64. The molecule has 0 amide bonds. The third kappa shape index (κ3) is 6.83. The normalized spacial score (nSPS) is 17.9. The summed E-state index contributed by atoms with van der Waals surface area (Å²) in [6.45, 7) is 9.96. The highest BCUT2D eigenvalue weighted by atomic mass is 16.5. The first-order chi connectivity index (χ1) is 15.4. The second-order valence-electron chi connectivity index (χ2n) is 7.60. The Kier molecular flexibility index (Phi) is 8.41.